The van der Waals surface area contributed by atoms with E-state index in [1.165, 1.54) is 0 Å². The Bertz CT molecular complexity index is 455. The number of likely N-dealkylation sites (N-methyl/N-ethyl adjacent to an activating group) is 1. The van der Waals surface area contributed by atoms with E-state index in [1.807, 2.05) is 40.4 Å². The number of rotatable bonds is 10. The molecular formula is C17H32ClNO3Si. The highest BCUT2D eigenvalue weighted by Crippen LogP contribution is 2.27. The molecule has 0 fully saturated rings. The lowest BCUT2D eigenvalue weighted by atomic mass is 10.0. The smallest absolute Gasteiger partial charge is 0.268 e. The van der Waals surface area contributed by atoms with Gasteiger partial charge in [-0.25, -0.2) is 0 Å². The molecule has 0 heterocycles. The predicted octanol–water partition coefficient (Wildman–Crippen LogP) is 3.59. The highest BCUT2D eigenvalue weighted by atomic mass is 35.5. The number of aliphatic hydroxyl groups excluding tert-OH is 1. The van der Waals surface area contributed by atoms with Crippen LogP contribution in [-0.2, 0) is 9.59 Å². The number of allylic oxidation sites excluding steroid dienone is 2. The molecule has 0 aromatic carbocycles. The van der Waals surface area contributed by atoms with Crippen molar-refractivity contribution in [2.75, 3.05) is 13.7 Å². The molecule has 1 unspecified atom stereocenters. The summed E-state index contributed by atoms with van der Waals surface area (Å²) in [7, 11) is -0.340. The molecule has 134 valence electrons. The van der Waals surface area contributed by atoms with Crippen LogP contribution < -0.4 is 0 Å². The Morgan fingerprint density at radius 3 is 2.04 bits per heavy atom. The van der Waals surface area contributed by atoms with Crippen molar-refractivity contribution >= 4 is 30.7 Å². The van der Waals surface area contributed by atoms with Gasteiger partial charge >= 0.3 is 0 Å². The summed E-state index contributed by atoms with van der Waals surface area (Å²) < 4.78 is 0. The van der Waals surface area contributed by atoms with Crippen LogP contribution in [0.1, 0.15) is 40.0 Å². The van der Waals surface area contributed by atoms with Crippen LogP contribution in [0.5, 0.6) is 0 Å². The van der Waals surface area contributed by atoms with Gasteiger partial charge in [-0.2, -0.15) is 0 Å². The van der Waals surface area contributed by atoms with Crippen molar-refractivity contribution in [3.05, 3.63) is 10.9 Å². The molecule has 0 aromatic heterocycles. The summed E-state index contributed by atoms with van der Waals surface area (Å²) in [5.74, 6) is 0.145. The molecule has 1 atom stereocenters. The second-order valence-electron chi connectivity index (χ2n) is 7.38. The van der Waals surface area contributed by atoms with Crippen LogP contribution in [0.4, 0.5) is 0 Å². The van der Waals surface area contributed by atoms with E-state index < -0.39 is 13.3 Å². The summed E-state index contributed by atoms with van der Waals surface area (Å²) in [6.45, 7) is 12.0. The van der Waals surface area contributed by atoms with Crippen molar-refractivity contribution in [3.63, 3.8) is 0 Å². The van der Waals surface area contributed by atoms with E-state index in [4.69, 9.17) is 11.6 Å². The van der Waals surface area contributed by atoms with E-state index in [-0.39, 0.29) is 30.0 Å². The lowest BCUT2D eigenvalue weighted by Crippen LogP contribution is -2.44. The minimum atomic E-state index is -2.08. The second kappa shape index (κ2) is 9.60. The van der Waals surface area contributed by atoms with E-state index >= 15 is 0 Å². The number of hydrogen-bond donors (Lipinski definition) is 1. The number of carbonyl (C=O) groups excluding carboxylic acids is 2. The molecule has 6 heteroatoms. The third-order valence-corrected chi connectivity index (χ3v) is 6.21. The van der Waals surface area contributed by atoms with E-state index in [1.54, 1.807) is 11.9 Å². The number of carbonyl (C=O) groups is 2. The number of hydrogen-bond acceptors (Lipinski definition) is 4. The molecule has 0 saturated heterocycles. The third kappa shape index (κ3) is 6.40. The van der Waals surface area contributed by atoms with Gasteiger partial charge in [0.1, 0.15) is 0 Å². The minimum absolute atomic E-state index is 0.0160. The largest absolute Gasteiger partial charge is 0.394 e. The van der Waals surface area contributed by atoms with E-state index in [0.29, 0.717) is 11.6 Å². The number of ketones is 1. The maximum atomic E-state index is 12.8. The molecule has 0 spiro atoms. The molecule has 0 aliphatic rings. The highest BCUT2D eigenvalue weighted by Gasteiger charge is 2.35. The number of unbranched alkanes of at least 4 members (excludes halogenated alkanes) is 1. The van der Waals surface area contributed by atoms with Crippen molar-refractivity contribution in [3.8, 4) is 0 Å². The summed E-state index contributed by atoms with van der Waals surface area (Å²) in [6.07, 6.45) is 2.16. The molecule has 23 heavy (non-hydrogen) atoms. The average Bonchev–Trinajstić information content (AvgIpc) is 2.40. The highest BCUT2D eigenvalue weighted by molar-refractivity contribution is 6.88. The second-order valence-corrected chi connectivity index (χ2v) is 12.7. The first-order valence-corrected chi connectivity index (χ1v) is 12.2. The van der Waals surface area contributed by atoms with E-state index in [9.17, 15) is 14.7 Å². The zero-order valence-corrected chi connectivity index (χ0v) is 17.3. The van der Waals surface area contributed by atoms with Gasteiger partial charge in [-0.15, -0.1) is 0 Å². The number of halogens is 1. The number of Topliss-reactive ketones (excluding diaryl/α,β-unsaturated/α-hetero) is 1. The predicted molar refractivity (Wildman–Crippen MR) is 99.2 cm³/mol. The van der Waals surface area contributed by atoms with Crippen molar-refractivity contribution in [1.29, 1.82) is 0 Å². The Morgan fingerprint density at radius 1 is 1.22 bits per heavy atom. The topological polar surface area (TPSA) is 57.6 Å². The van der Waals surface area contributed by atoms with Crippen molar-refractivity contribution in [2.24, 2.45) is 5.92 Å². The van der Waals surface area contributed by atoms with Crippen molar-refractivity contribution in [1.82, 2.24) is 4.90 Å². The fourth-order valence-corrected chi connectivity index (χ4v) is 5.00. The Kier molecular flexibility index (Phi) is 9.32. The van der Waals surface area contributed by atoms with Crippen LogP contribution in [0.15, 0.2) is 10.9 Å². The molecular weight excluding hydrogens is 330 g/mol. The average molecular weight is 362 g/mol. The molecule has 0 radical (unpaired) electrons. The van der Waals surface area contributed by atoms with Crippen molar-refractivity contribution < 1.29 is 14.7 Å². The maximum absolute atomic E-state index is 12.8. The third-order valence-electron chi connectivity index (χ3n) is 4.02. The Morgan fingerprint density at radius 2 is 1.74 bits per heavy atom. The van der Waals surface area contributed by atoms with E-state index in [0.717, 1.165) is 12.8 Å². The van der Waals surface area contributed by atoms with Crippen LogP contribution in [0.2, 0.25) is 19.6 Å². The summed E-state index contributed by atoms with van der Waals surface area (Å²) in [5.41, 5.74) is 0.277. The lowest BCUT2D eigenvalue weighted by Gasteiger charge is -2.35. The van der Waals surface area contributed by atoms with Crippen LogP contribution in [0.3, 0.4) is 0 Å². The molecule has 0 aliphatic carbocycles. The van der Waals surface area contributed by atoms with Crippen LogP contribution >= 0.6 is 11.6 Å². The fraction of sp³-hybridized carbons (Fsp3) is 0.765. The number of nitrogens with zero attached hydrogens (tertiary/aromatic N) is 1. The Labute approximate surface area is 146 Å². The monoisotopic (exact) mass is 361 g/mol. The van der Waals surface area contributed by atoms with Gasteiger partial charge in [0.25, 0.3) is 5.24 Å². The summed E-state index contributed by atoms with van der Waals surface area (Å²) >= 11 is 5.87. The molecule has 0 aromatic rings. The van der Waals surface area contributed by atoms with Gasteiger partial charge in [0.15, 0.2) is 5.78 Å². The SMILES string of the molecule is CCCCC(=O)/C(=C(\C(=O)Cl)N(C)C(CO)C(C)C)[Si](C)(C)C. The van der Waals surface area contributed by atoms with Crippen LogP contribution in [-0.4, -0.2) is 48.8 Å². The molecule has 4 nitrogen and oxygen atoms in total. The Balaban J connectivity index is 6.15. The molecule has 0 amide bonds. The molecule has 0 aliphatic heterocycles. The van der Waals surface area contributed by atoms with Gasteiger partial charge in [0.2, 0.25) is 0 Å². The van der Waals surface area contributed by atoms with Crippen molar-refractivity contribution in [2.45, 2.75) is 65.7 Å². The normalized spacial score (nSPS) is 14.5. The van der Waals surface area contributed by atoms with Gasteiger partial charge in [-0.1, -0.05) is 46.8 Å². The van der Waals surface area contributed by atoms with Crippen LogP contribution in [0.25, 0.3) is 0 Å². The standard InChI is InChI=1S/C17H32ClNO3Si/c1-8-9-10-14(21)16(23(5,6)7)15(17(18)22)19(4)13(11-20)12(2)3/h12-13,20H,8-11H2,1-7H3/b16-15-. The molecule has 0 bridgehead atoms. The van der Waals surface area contributed by atoms with Gasteiger partial charge in [-0.05, 0) is 23.9 Å². The van der Waals surface area contributed by atoms with Gasteiger partial charge in [-0.3, -0.25) is 9.59 Å². The van der Waals surface area contributed by atoms with Gasteiger partial charge in [0, 0.05) is 18.7 Å². The van der Waals surface area contributed by atoms with Gasteiger partial charge < -0.3 is 10.0 Å². The van der Waals surface area contributed by atoms with Crippen LogP contribution in [0, 0.1) is 5.92 Å². The zero-order valence-electron chi connectivity index (χ0n) is 15.6. The first-order chi connectivity index (χ1) is 10.5. The summed E-state index contributed by atoms with van der Waals surface area (Å²) in [5, 5.41) is 9.64. The van der Waals surface area contributed by atoms with Gasteiger partial charge in [0.05, 0.1) is 26.4 Å². The first kappa shape index (κ1) is 22.3. The summed E-state index contributed by atoms with van der Waals surface area (Å²) in [4.78, 5) is 26.6. The zero-order chi connectivity index (χ0) is 18.4. The molecule has 1 N–H and O–H groups in total. The number of aliphatic hydroxyl groups is 1. The quantitative estimate of drug-likeness (QED) is 0.367. The first-order valence-electron chi connectivity index (χ1n) is 8.30. The van der Waals surface area contributed by atoms with E-state index in [2.05, 4.69) is 0 Å². The molecule has 0 saturated carbocycles. The summed E-state index contributed by atoms with van der Waals surface area (Å²) in [6, 6.07) is -0.252. The maximum Gasteiger partial charge on any atom is 0.268 e. The lowest BCUT2D eigenvalue weighted by molar-refractivity contribution is -0.116. The fourth-order valence-electron chi connectivity index (χ4n) is 2.73. The molecule has 0 rings (SSSR count). The minimum Gasteiger partial charge on any atom is -0.394 e. The Hall–Kier alpha value is -0.653.